The Morgan fingerprint density at radius 3 is 2.39 bits per heavy atom. The van der Waals surface area contributed by atoms with Gasteiger partial charge in [0.25, 0.3) is 0 Å². The van der Waals surface area contributed by atoms with E-state index in [0.29, 0.717) is 26.2 Å². The Morgan fingerprint density at radius 1 is 1.07 bits per heavy atom. The number of thioether (sulfide) groups is 1. The van der Waals surface area contributed by atoms with E-state index >= 15 is 0 Å². The minimum Gasteiger partial charge on any atom is -0.497 e. The number of benzene rings is 2. The summed E-state index contributed by atoms with van der Waals surface area (Å²) in [6, 6.07) is 17.6. The van der Waals surface area contributed by atoms with Gasteiger partial charge in [0.15, 0.2) is 0 Å². The summed E-state index contributed by atoms with van der Waals surface area (Å²) in [6.45, 7) is 1.74. The highest BCUT2D eigenvalue weighted by Crippen LogP contribution is 2.40. The topological polar surface area (TPSA) is 64.6 Å². The molecule has 1 aliphatic rings. The lowest BCUT2D eigenvalue weighted by Gasteiger charge is -2.36. The van der Waals surface area contributed by atoms with E-state index in [1.165, 1.54) is 0 Å². The maximum absolute atomic E-state index is 12.6. The molecule has 0 saturated carbocycles. The van der Waals surface area contributed by atoms with Crippen LogP contribution in [0.1, 0.15) is 18.4 Å². The Morgan fingerprint density at radius 2 is 1.75 bits per heavy atom. The molecule has 1 saturated heterocycles. The van der Waals surface area contributed by atoms with Gasteiger partial charge in [0.05, 0.1) is 12.9 Å². The quantitative estimate of drug-likeness (QED) is 0.671. The summed E-state index contributed by atoms with van der Waals surface area (Å²) in [5.41, 5.74) is 0.977. The number of sulfonamides is 1. The van der Waals surface area contributed by atoms with Crippen LogP contribution in [-0.2, 0) is 21.2 Å². The molecule has 0 radical (unpaired) electrons. The van der Waals surface area contributed by atoms with Crippen molar-refractivity contribution < 1.29 is 17.9 Å². The molecule has 152 valence electrons. The standard InChI is InChI=1S/C21H27NO4S2/c1-25-19-9-7-18(8-10-19)11-16-28(23,24)22-17-21(12-14-26-15-13-21)27-20-5-3-2-4-6-20/h2-10,22H,11-17H2,1H3. The molecule has 0 amide bonds. The van der Waals surface area contributed by atoms with Crippen LogP contribution in [0.4, 0.5) is 0 Å². The van der Waals surface area contributed by atoms with E-state index in [0.717, 1.165) is 29.1 Å². The van der Waals surface area contributed by atoms with Gasteiger partial charge in [-0.1, -0.05) is 30.3 Å². The first-order valence-corrected chi connectivity index (χ1v) is 11.9. The smallest absolute Gasteiger partial charge is 0.211 e. The van der Waals surface area contributed by atoms with Crippen molar-refractivity contribution in [1.29, 1.82) is 0 Å². The van der Waals surface area contributed by atoms with Crippen molar-refractivity contribution >= 4 is 21.8 Å². The minimum atomic E-state index is -3.36. The van der Waals surface area contributed by atoms with E-state index in [1.807, 2.05) is 42.5 Å². The lowest BCUT2D eigenvalue weighted by molar-refractivity contribution is 0.0784. The molecule has 2 aromatic rings. The summed E-state index contributed by atoms with van der Waals surface area (Å²) < 4.78 is 38.5. The normalized spacial score (nSPS) is 16.6. The fraction of sp³-hybridized carbons (Fsp3) is 0.429. The maximum atomic E-state index is 12.6. The first-order valence-electron chi connectivity index (χ1n) is 9.42. The molecule has 5 nitrogen and oxygen atoms in total. The highest BCUT2D eigenvalue weighted by atomic mass is 32.2. The second kappa shape index (κ2) is 9.78. The molecule has 3 rings (SSSR count). The van der Waals surface area contributed by atoms with Gasteiger partial charge >= 0.3 is 0 Å². The van der Waals surface area contributed by atoms with E-state index < -0.39 is 10.0 Å². The number of hydrogen-bond donors (Lipinski definition) is 1. The van der Waals surface area contributed by atoms with Crippen LogP contribution in [0, 0.1) is 0 Å². The fourth-order valence-corrected chi connectivity index (χ4v) is 5.70. The van der Waals surface area contributed by atoms with Crippen molar-refractivity contribution in [2.75, 3.05) is 32.6 Å². The molecule has 1 aliphatic heterocycles. The summed E-state index contributed by atoms with van der Waals surface area (Å²) >= 11 is 1.75. The van der Waals surface area contributed by atoms with Gasteiger partial charge in [-0.2, -0.15) is 0 Å². The third-order valence-electron chi connectivity index (χ3n) is 4.91. The Labute approximate surface area is 171 Å². The summed E-state index contributed by atoms with van der Waals surface area (Å²) in [5, 5.41) is 0. The van der Waals surface area contributed by atoms with Crippen LogP contribution in [0.5, 0.6) is 5.75 Å². The number of rotatable bonds is 9. The monoisotopic (exact) mass is 421 g/mol. The van der Waals surface area contributed by atoms with Gasteiger partial charge in [0.1, 0.15) is 5.75 Å². The lowest BCUT2D eigenvalue weighted by atomic mass is 9.99. The van der Waals surface area contributed by atoms with Crippen molar-refractivity contribution in [2.45, 2.75) is 28.9 Å². The Kier molecular flexibility index (Phi) is 7.40. The van der Waals surface area contributed by atoms with E-state index in [1.54, 1.807) is 18.9 Å². The first-order chi connectivity index (χ1) is 13.5. The zero-order valence-electron chi connectivity index (χ0n) is 16.1. The molecule has 0 bridgehead atoms. The number of hydrogen-bond acceptors (Lipinski definition) is 5. The first kappa shape index (κ1) is 21.2. The van der Waals surface area contributed by atoms with Crippen molar-refractivity contribution in [1.82, 2.24) is 4.72 Å². The Hall–Kier alpha value is -1.54. The molecule has 0 spiro atoms. The summed E-state index contributed by atoms with van der Waals surface area (Å²) in [6.07, 6.45) is 2.13. The summed E-state index contributed by atoms with van der Waals surface area (Å²) in [7, 11) is -1.75. The second-order valence-electron chi connectivity index (χ2n) is 6.95. The van der Waals surface area contributed by atoms with Crippen LogP contribution in [0.2, 0.25) is 0 Å². The largest absolute Gasteiger partial charge is 0.497 e. The van der Waals surface area contributed by atoms with E-state index in [2.05, 4.69) is 16.9 Å². The Balaban J connectivity index is 1.59. The average Bonchev–Trinajstić information content (AvgIpc) is 2.73. The van der Waals surface area contributed by atoms with Crippen LogP contribution >= 0.6 is 11.8 Å². The highest BCUT2D eigenvalue weighted by molar-refractivity contribution is 8.00. The van der Waals surface area contributed by atoms with Gasteiger partial charge in [-0.3, -0.25) is 0 Å². The van der Waals surface area contributed by atoms with Crippen molar-refractivity contribution in [2.24, 2.45) is 0 Å². The molecule has 28 heavy (non-hydrogen) atoms. The third-order valence-corrected chi connectivity index (χ3v) is 7.73. The zero-order chi connectivity index (χ0) is 19.9. The fourth-order valence-electron chi connectivity index (χ4n) is 3.15. The molecule has 0 aromatic heterocycles. The molecule has 7 heteroatoms. The lowest BCUT2D eigenvalue weighted by Crippen LogP contribution is -2.45. The third kappa shape index (κ3) is 6.24. The predicted molar refractivity (Wildman–Crippen MR) is 114 cm³/mol. The number of methoxy groups -OCH3 is 1. The molecule has 1 fully saturated rings. The molecular formula is C21H27NO4S2. The van der Waals surface area contributed by atoms with Gasteiger partial charge < -0.3 is 9.47 Å². The molecule has 0 aliphatic carbocycles. The van der Waals surface area contributed by atoms with Crippen LogP contribution in [0.3, 0.4) is 0 Å². The van der Waals surface area contributed by atoms with E-state index in [9.17, 15) is 8.42 Å². The van der Waals surface area contributed by atoms with Crippen LogP contribution in [0.25, 0.3) is 0 Å². The van der Waals surface area contributed by atoms with Crippen molar-refractivity contribution in [3.8, 4) is 5.75 Å². The average molecular weight is 422 g/mol. The van der Waals surface area contributed by atoms with Gasteiger partial charge in [-0.25, -0.2) is 13.1 Å². The minimum absolute atomic E-state index is 0.0713. The molecular weight excluding hydrogens is 394 g/mol. The van der Waals surface area contributed by atoms with Crippen LogP contribution < -0.4 is 9.46 Å². The molecule has 0 unspecified atom stereocenters. The molecule has 1 N–H and O–H groups in total. The predicted octanol–water partition coefficient (Wildman–Crippen LogP) is 3.50. The zero-order valence-corrected chi connectivity index (χ0v) is 17.7. The summed E-state index contributed by atoms with van der Waals surface area (Å²) in [5.74, 6) is 0.839. The number of aryl methyl sites for hydroxylation is 1. The molecule has 0 atom stereocenters. The van der Waals surface area contributed by atoms with Gasteiger partial charge in [0.2, 0.25) is 10.0 Å². The Bertz CT molecular complexity index is 832. The number of nitrogens with one attached hydrogen (secondary N) is 1. The van der Waals surface area contributed by atoms with Crippen LogP contribution in [0.15, 0.2) is 59.5 Å². The van der Waals surface area contributed by atoms with Gasteiger partial charge in [0, 0.05) is 29.4 Å². The van der Waals surface area contributed by atoms with Gasteiger partial charge in [-0.05, 0) is 49.1 Å². The SMILES string of the molecule is COc1ccc(CCS(=O)(=O)NCC2(Sc3ccccc3)CCOCC2)cc1. The van der Waals surface area contributed by atoms with Crippen molar-refractivity contribution in [3.05, 3.63) is 60.2 Å². The summed E-state index contributed by atoms with van der Waals surface area (Å²) in [4.78, 5) is 1.15. The highest BCUT2D eigenvalue weighted by Gasteiger charge is 2.35. The molecule has 2 aromatic carbocycles. The molecule has 1 heterocycles. The maximum Gasteiger partial charge on any atom is 0.211 e. The van der Waals surface area contributed by atoms with E-state index in [-0.39, 0.29) is 10.5 Å². The van der Waals surface area contributed by atoms with Crippen LogP contribution in [-0.4, -0.2) is 45.8 Å². The van der Waals surface area contributed by atoms with Gasteiger partial charge in [-0.15, -0.1) is 11.8 Å². The van der Waals surface area contributed by atoms with Crippen molar-refractivity contribution in [3.63, 3.8) is 0 Å². The second-order valence-corrected chi connectivity index (χ2v) is 10.4. The van der Waals surface area contributed by atoms with E-state index in [4.69, 9.17) is 9.47 Å². The number of ether oxygens (including phenoxy) is 2.